The zero-order chi connectivity index (χ0) is 20.3. The first-order valence-corrected chi connectivity index (χ1v) is 10.0. The van der Waals surface area contributed by atoms with Crippen molar-refractivity contribution in [3.8, 4) is 0 Å². The SMILES string of the molecule is CCCCN1C(=O)C(c2ccc(Cl)cc2Cl)=C(N(C)Cc2ccccc2)C1=O. The molecule has 28 heavy (non-hydrogen) atoms. The lowest BCUT2D eigenvalue weighted by Gasteiger charge is -2.21. The Kier molecular flexibility index (Phi) is 6.42. The zero-order valence-corrected chi connectivity index (χ0v) is 17.4. The highest BCUT2D eigenvalue weighted by Crippen LogP contribution is 2.36. The fraction of sp³-hybridized carbons (Fsp3) is 0.273. The second-order valence-corrected chi connectivity index (χ2v) is 7.65. The maximum Gasteiger partial charge on any atom is 0.277 e. The van der Waals surface area contributed by atoms with E-state index in [1.54, 1.807) is 18.2 Å². The number of hydrogen-bond acceptors (Lipinski definition) is 3. The van der Waals surface area contributed by atoms with Gasteiger partial charge in [-0.1, -0.05) is 72.9 Å². The van der Waals surface area contributed by atoms with E-state index in [0.717, 1.165) is 18.4 Å². The van der Waals surface area contributed by atoms with Crippen LogP contribution in [0.4, 0.5) is 0 Å². The molecule has 0 radical (unpaired) electrons. The van der Waals surface area contributed by atoms with Crippen molar-refractivity contribution in [3.05, 3.63) is 75.4 Å². The van der Waals surface area contributed by atoms with Crippen LogP contribution < -0.4 is 0 Å². The Morgan fingerprint density at radius 2 is 1.71 bits per heavy atom. The lowest BCUT2D eigenvalue weighted by Crippen LogP contribution is -2.34. The average Bonchev–Trinajstić information content (AvgIpc) is 2.91. The number of carbonyl (C=O) groups is 2. The van der Waals surface area contributed by atoms with Crippen LogP contribution in [0, 0.1) is 0 Å². The minimum absolute atomic E-state index is 0.280. The second kappa shape index (κ2) is 8.80. The van der Waals surface area contributed by atoms with E-state index in [2.05, 4.69) is 0 Å². The smallest absolute Gasteiger partial charge is 0.277 e. The van der Waals surface area contributed by atoms with Crippen molar-refractivity contribution in [2.45, 2.75) is 26.3 Å². The van der Waals surface area contributed by atoms with Crippen molar-refractivity contribution >= 4 is 40.6 Å². The van der Waals surface area contributed by atoms with Crippen molar-refractivity contribution in [1.29, 1.82) is 0 Å². The Morgan fingerprint density at radius 3 is 2.36 bits per heavy atom. The third kappa shape index (κ3) is 4.08. The van der Waals surface area contributed by atoms with Gasteiger partial charge in [-0.15, -0.1) is 0 Å². The highest BCUT2D eigenvalue weighted by molar-refractivity contribution is 6.41. The van der Waals surface area contributed by atoms with Gasteiger partial charge in [0, 0.05) is 30.7 Å². The summed E-state index contributed by atoms with van der Waals surface area (Å²) in [6.45, 7) is 2.93. The third-order valence-electron chi connectivity index (χ3n) is 4.72. The molecule has 6 heteroatoms. The molecule has 1 aliphatic rings. The van der Waals surface area contributed by atoms with E-state index in [1.807, 2.05) is 49.2 Å². The van der Waals surface area contributed by atoms with Crippen LogP contribution in [0.1, 0.15) is 30.9 Å². The number of hydrogen-bond donors (Lipinski definition) is 0. The molecule has 0 N–H and O–H groups in total. The van der Waals surface area contributed by atoms with Crippen LogP contribution in [0.5, 0.6) is 0 Å². The molecule has 2 aromatic rings. The summed E-state index contributed by atoms with van der Waals surface area (Å²) in [5.41, 5.74) is 2.28. The lowest BCUT2D eigenvalue weighted by atomic mass is 10.0. The van der Waals surface area contributed by atoms with Crippen LogP contribution in [0.25, 0.3) is 5.57 Å². The minimum Gasteiger partial charge on any atom is -0.365 e. The Balaban J connectivity index is 2.06. The summed E-state index contributed by atoms with van der Waals surface area (Å²) in [4.78, 5) is 29.4. The molecule has 4 nitrogen and oxygen atoms in total. The normalized spacial score (nSPS) is 14.2. The monoisotopic (exact) mass is 416 g/mol. The summed E-state index contributed by atoms with van der Waals surface area (Å²) in [7, 11) is 1.82. The quantitative estimate of drug-likeness (QED) is 0.595. The van der Waals surface area contributed by atoms with Crippen LogP contribution >= 0.6 is 23.2 Å². The molecule has 0 saturated carbocycles. The molecule has 3 rings (SSSR count). The van der Waals surface area contributed by atoms with Crippen LogP contribution in [-0.4, -0.2) is 35.2 Å². The van der Waals surface area contributed by atoms with Crippen molar-refractivity contribution in [3.63, 3.8) is 0 Å². The summed E-state index contributed by atoms with van der Waals surface area (Å²) in [6, 6.07) is 14.8. The number of carbonyl (C=O) groups excluding carboxylic acids is 2. The van der Waals surface area contributed by atoms with Gasteiger partial charge in [0.1, 0.15) is 5.70 Å². The van der Waals surface area contributed by atoms with Crippen LogP contribution in [0.15, 0.2) is 54.2 Å². The average molecular weight is 417 g/mol. The van der Waals surface area contributed by atoms with E-state index >= 15 is 0 Å². The van der Waals surface area contributed by atoms with E-state index in [0.29, 0.717) is 40.0 Å². The van der Waals surface area contributed by atoms with Crippen molar-refractivity contribution in [1.82, 2.24) is 9.80 Å². The molecule has 0 saturated heterocycles. The first kappa shape index (κ1) is 20.4. The van der Waals surface area contributed by atoms with Gasteiger partial charge in [0.25, 0.3) is 11.8 Å². The molecule has 2 amide bonds. The predicted octanol–water partition coefficient (Wildman–Crippen LogP) is 5.01. The Bertz CT molecular complexity index is 925. The number of unbranched alkanes of at least 4 members (excludes halogenated alkanes) is 1. The standard InChI is InChI=1S/C22H22Cl2N2O2/c1-3-4-12-26-21(27)19(17-11-10-16(23)13-18(17)24)20(22(26)28)25(2)14-15-8-6-5-7-9-15/h5-11,13H,3-4,12,14H2,1-2H3. The number of rotatable bonds is 7. The first-order chi connectivity index (χ1) is 13.4. The van der Waals surface area contributed by atoms with Gasteiger partial charge in [0.05, 0.1) is 10.6 Å². The number of amides is 2. The summed E-state index contributed by atoms with van der Waals surface area (Å²) in [5, 5.41) is 0.833. The highest BCUT2D eigenvalue weighted by atomic mass is 35.5. The zero-order valence-electron chi connectivity index (χ0n) is 15.9. The molecule has 0 aliphatic carbocycles. The fourth-order valence-corrected chi connectivity index (χ4v) is 3.81. The van der Waals surface area contributed by atoms with Crippen molar-refractivity contribution in [2.24, 2.45) is 0 Å². The molecule has 0 fully saturated rings. The van der Waals surface area contributed by atoms with Crippen LogP contribution in [-0.2, 0) is 16.1 Å². The Labute approximate surface area is 175 Å². The topological polar surface area (TPSA) is 40.6 Å². The number of halogens is 2. The largest absolute Gasteiger partial charge is 0.365 e. The molecular weight excluding hydrogens is 395 g/mol. The molecule has 0 aromatic heterocycles. The van der Waals surface area contributed by atoms with Gasteiger partial charge in [-0.2, -0.15) is 0 Å². The van der Waals surface area contributed by atoms with E-state index in [1.165, 1.54) is 4.90 Å². The predicted molar refractivity (Wildman–Crippen MR) is 113 cm³/mol. The van der Waals surface area contributed by atoms with Gasteiger partial charge in [0.15, 0.2) is 0 Å². The third-order valence-corrected chi connectivity index (χ3v) is 5.27. The molecule has 2 aromatic carbocycles. The Morgan fingerprint density at radius 1 is 1.00 bits per heavy atom. The van der Waals surface area contributed by atoms with E-state index in [9.17, 15) is 9.59 Å². The van der Waals surface area contributed by atoms with Gasteiger partial charge in [-0.25, -0.2) is 0 Å². The van der Waals surface area contributed by atoms with E-state index in [4.69, 9.17) is 23.2 Å². The van der Waals surface area contributed by atoms with Gasteiger partial charge < -0.3 is 4.90 Å². The lowest BCUT2D eigenvalue weighted by molar-refractivity contribution is -0.137. The van der Waals surface area contributed by atoms with Crippen LogP contribution in [0.3, 0.4) is 0 Å². The Hall–Kier alpha value is -2.30. The maximum atomic E-state index is 13.2. The van der Waals surface area contributed by atoms with Gasteiger partial charge in [-0.3, -0.25) is 14.5 Å². The van der Waals surface area contributed by atoms with Crippen molar-refractivity contribution < 1.29 is 9.59 Å². The fourth-order valence-electron chi connectivity index (χ4n) is 3.31. The molecule has 0 spiro atoms. The number of likely N-dealkylation sites (N-methyl/N-ethyl adjacent to an activating group) is 1. The number of benzene rings is 2. The van der Waals surface area contributed by atoms with Gasteiger partial charge in [0.2, 0.25) is 0 Å². The molecule has 0 bridgehead atoms. The van der Waals surface area contributed by atoms with E-state index < -0.39 is 0 Å². The molecule has 1 aliphatic heterocycles. The minimum atomic E-state index is -0.308. The molecule has 146 valence electrons. The summed E-state index contributed by atoms with van der Waals surface area (Å²) in [6.07, 6.45) is 1.65. The number of imide groups is 1. The summed E-state index contributed by atoms with van der Waals surface area (Å²) in [5.74, 6) is -0.588. The second-order valence-electron chi connectivity index (χ2n) is 6.80. The van der Waals surface area contributed by atoms with Gasteiger partial charge in [-0.05, 0) is 24.1 Å². The highest BCUT2D eigenvalue weighted by Gasteiger charge is 2.41. The number of nitrogens with zero attached hydrogens (tertiary/aromatic N) is 2. The van der Waals surface area contributed by atoms with Gasteiger partial charge >= 0.3 is 0 Å². The first-order valence-electron chi connectivity index (χ1n) is 9.25. The van der Waals surface area contributed by atoms with Crippen LogP contribution in [0.2, 0.25) is 10.0 Å². The summed E-state index contributed by atoms with van der Waals surface area (Å²) < 4.78 is 0. The van der Waals surface area contributed by atoms with Crippen molar-refractivity contribution in [2.75, 3.05) is 13.6 Å². The molecule has 1 heterocycles. The molecular formula is C22H22Cl2N2O2. The summed E-state index contributed by atoms with van der Waals surface area (Å²) >= 11 is 12.4. The van der Waals surface area contributed by atoms with E-state index in [-0.39, 0.29) is 11.8 Å². The molecule has 0 atom stereocenters. The molecule has 0 unspecified atom stereocenters. The maximum absolute atomic E-state index is 13.2.